The molecule has 1 aromatic heterocycles. The molecule has 0 spiro atoms. The van der Waals surface area contributed by atoms with Crippen LogP contribution in [0.25, 0.3) is 61.8 Å². The van der Waals surface area contributed by atoms with Crippen molar-refractivity contribution >= 4 is 22.8 Å². The Hall–Kier alpha value is -5.42. The molecule has 190 valence electrons. The third-order valence-electron chi connectivity index (χ3n) is 7.05. The summed E-state index contributed by atoms with van der Waals surface area (Å²) < 4.78 is 0. The van der Waals surface area contributed by atoms with E-state index in [0.29, 0.717) is 17.5 Å². The highest BCUT2D eigenvalue weighted by atomic mass is 15.0. The zero-order chi connectivity index (χ0) is 26.7. The van der Waals surface area contributed by atoms with Crippen LogP contribution in [0.15, 0.2) is 132 Å². The standard InChI is InChI=1S/C35H25N5/c1-3-10-26(11-4-1)33-38-34(27-12-5-2-6-13-27)40-35(39-33)28-17-15-25(16-18-28)30-20-19-24-9-7-8-14-29(24)32(30)31-21-22-36-23-37-31/h1-21,23H,22H2,(H,36,37). The van der Waals surface area contributed by atoms with E-state index in [0.717, 1.165) is 45.6 Å². The van der Waals surface area contributed by atoms with Gasteiger partial charge in [0.15, 0.2) is 17.5 Å². The predicted molar refractivity (Wildman–Crippen MR) is 164 cm³/mol. The van der Waals surface area contributed by atoms with Gasteiger partial charge in [0.2, 0.25) is 0 Å². The molecule has 0 radical (unpaired) electrons. The van der Waals surface area contributed by atoms with Gasteiger partial charge in [0.1, 0.15) is 0 Å². The summed E-state index contributed by atoms with van der Waals surface area (Å²) in [6.45, 7) is 0.757. The van der Waals surface area contributed by atoms with Crippen molar-refractivity contribution in [1.29, 1.82) is 0 Å². The van der Waals surface area contributed by atoms with E-state index in [1.165, 1.54) is 10.8 Å². The molecule has 0 amide bonds. The van der Waals surface area contributed by atoms with Crippen LogP contribution in [0.5, 0.6) is 0 Å². The molecule has 0 bridgehead atoms. The summed E-state index contributed by atoms with van der Waals surface area (Å²) in [5, 5.41) is 5.54. The molecular formula is C35H25N5. The quantitative estimate of drug-likeness (QED) is 0.256. The van der Waals surface area contributed by atoms with Crippen LogP contribution in [0, 0.1) is 0 Å². The Morgan fingerprint density at radius 2 is 1.05 bits per heavy atom. The Morgan fingerprint density at radius 3 is 1.65 bits per heavy atom. The Labute approximate surface area is 232 Å². The molecule has 2 heterocycles. The van der Waals surface area contributed by atoms with Crippen LogP contribution < -0.4 is 5.32 Å². The minimum absolute atomic E-state index is 0.642. The van der Waals surface area contributed by atoms with E-state index in [-0.39, 0.29) is 0 Å². The molecule has 6 aromatic rings. The fourth-order valence-electron chi connectivity index (χ4n) is 5.07. The van der Waals surface area contributed by atoms with Crippen LogP contribution >= 0.6 is 0 Å². The van der Waals surface area contributed by atoms with Gasteiger partial charge in [-0.2, -0.15) is 0 Å². The van der Waals surface area contributed by atoms with Crippen molar-refractivity contribution < 1.29 is 0 Å². The number of fused-ring (bicyclic) bond motifs is 1. The Morgan fingerprint density at radius 1 is 0.500 bits per heavy atom. The van der Waals surface area contributed by atoms with Gasteiger partial charge >= 0.3 is 0 Å². The summed E-state index contributed by atoms with van der Waals surface area (Å²) in [6.07, 6.45) is 3.92. The number of hydrogen-bond donors (Lipinski definition) is 1. The number of nitrogens with one attached hydrogen (secondary N) is 1. The molecule has 0 atom stereocenters. The van der Waals surface area contributed by atoms with Crippen LogP contribution in [0.4, 0.5) is 0 Å². The molecule has 0 saturated carbocycles. The molecule has 7 rings (SSSR count). The van der Waals surface area contributed by atoms with Gasteiger partial charge in [0.05, 0.1) is 12.0 Å². The van der Waals surface area contributed by atoms with Crippen molar-refractivity contribution in [3.8, 4) is 45.3 Å². The minimum Gasteiger partial charge on any atom is -0.373 e. The third kappa shape index (κ3) is 4.54. The van der Waals surface area contributed by atoms with Crippen LogP contribution in [-0.2, 0) is 0 Å². The van der Waals surface area contributed by atoms with Crippen LogP contribution in [0.3, 0.4) is 0 Å². The van der Waals surface area contributed by atoms with Crippen LogP contribution in [-0.4, -0.2) is 27.8 Å². The van der Waals surface area contributed by atoms with Crippen molar-refractivity contribution in [2.75, 3.05) is 6.54 Å². The number of aromatic nitrogens is 3. The Balaban J connectivity index is 1.34. The second-order valence-electron chi connectivity index (χ2n) is 9.58. The van der Waals surface area contributed by atoms with Crippen molar-refractivity contribution in [3.63, 3.8) is 0 Å². The summed E-state index contributed by atoms with van der Waals surface area (Å²) in [4.78, 5) is 19.2. The van der Waals surface area contributed by atoms with E-state index < -0.39 is 0 Å². The molecule has 0 unspecified atom stereocenters. The average molecular weight is 516 g/mol. The maximum absolute atomic E-state index is 4.88. The van der Waals surface area contributed by atoms with E-state index in [1.54, 1.807) is 6.34 Å². The highest BCUT2D eigenvalue weighted by molar-refractivity contribution is 6.01. The fraction of sp³-hybridized carbons (Fsp3) is 0.0286. The van der Waals surface area contributed by atoms with Crippen LogP contribution in [0.2, 0.25) is 0 Å². The van der Waals surface area contributed by atoms with Crippen molar-refractivity contribution in [1.82, 2.24) is 20.3 Å². The summed E-state index contributed by atoms with van der Waals surface area (Å²) >= 11 is 0. The molecule has 1 N–H and O–H groups in total. The molecule has 5 nitrogen and oxygen atoms in total. The lowest BCUT2D eigenvalue weighted by atomic mass is 9.91. The molecule has 0 saturated heterocycles. The second kappa shape index (κ2) is 10.4. The molecule has 40 heavy (non-hydrogen) atoms. The lowest BCUT2D eigenvalue weighted by Crippen LogP contribution is -2.14. The number of rotatable bonds is 5. The van der Waals surface area contributed by atoms with Crippen molar-refractivity contribution in [2.24, 2.45) is 4.99 Å². The lowest BCUT2D eigenvalue weighted by molar-refractivity contribution is 1.05. The first kappa shape index (κ1) is 23.7. The zero-order valence-electron chi connectivity index (χ0n) is 21.7. The third-order valence-corrected chi connectivity index (χ3v) is 7.05. The van der Waals surface area contributed by atoms with E-state index in [1.807, 2.05) is 60.7 Å². The van der Waals surface area contributed by atoms with Gasteiger partial charge in [-0.3, -0.25) is 0 Å². The van der Waals surface area contributed by atoms with Crippen molar-refractivity contribution in [3.05, 3.63) is 133 Å². The monoisotopic (exact) mass is 515 g/mol. The molecule has 5 heteroatoms. The Kier molecular flexibility index (Phi) is 6.15. The highest BCUT2D eigenvalue weighted by Crippen LogP contribution is 2.37. The second-order valence-corrected chi connectivity index (χ2v) is 9.58. The number of hydrogen-bond acceptors (Lipinski definition) is 5. The van der Waals surface area contributed by atoms with Gasteiger partial charge in [-0.15, -0.1) is 0 Å². The summed E-state index contributed by atoms with van der Waals surface area (Å²) in [5.74, 6) is 1.95. The smallest absolute Gasteiger partial charge is 0.164 e. The lowest BCUT2D eigenvalue weighted by Gasteiger charge is -2.16. The fourth-order valence-corrected chi connectivity index (χ4v) is 5.07. The normalized spacial score (nSPS) is 12.7. The molecule has 1 aliphatic rings. The SMILES string of the molecule is C1=NC(c2c(-c3ccc(-c4nc(-c5ccccc5)nc(-c5ccccc5)n4)cc3)ccc3ccccc23)=CCN1. The first-order valence-electron chi connectivity index (χ1n) is 13.3. The summed E-state index contributed by atoms with van der Waals surface area (Å²) in [6, 6.07) is 41.4. The van der Waals surface area contributed by atoms with E-state index in [9.17, 15) is 0 Å². The van der Waals surface area contributed by atoms with Gasteiger partial charge in [0, 0.05) is 28.8 Å². The largest absolute Gasteiger partial charge is 0.373 e. The van der Waals surface area contributed by atoms with Gasteiger partial charge in [0.25, 0.3) is 0 Å². The highest BCUT2D eigenvalue weighted by Gasteiger charge is 2.16. The van der Waals surface area contributed by atoms with Gasteiger partial charge in [-0.05, 0) is 28.0 Å². The maximum Gasteiger partial charge on any atom is 0.164 e. The molecule has 1 aliphatic heterocycles. The molecular weight excluding hydrogens is 490 g/mol. The first-order valence-corrected chi connectivity index (χ1v) is 13.3. The zero-order valence-corrected chi connectivity index (χ0v) is 21.7. The molecule has 0 aliphatic carbocycles. The topological polar surface area (TPSA) is 63.1 Å². The summed E-state index contributed by atoms with van der Waals surface area (Å²) in [5.41, 5.74) is 7.21. The Bertz CT molecular complexity index is 1820. The minimum atomic E-state index is 0.642. The van der Waals surface area contributed by atoms with E-state index in [2.05, 4.69) is 77.0 Å². The van der Waals surface area contributed by atoms with Crippen LogP contribution in [0.1, 0.15) is 5.56 Å². The molecule has 5 aromatic carbocycles. The van der Waals surface area contributed by atoms with E-state index >= 15 is 0 Å². The van der Waals surface area contributed by atoms with Gasteiger partial charge in [-0.25, -0.2) is 19.9 Å². The van der Waals surface area contributed by atoms with Gasteiger partial charge < -0.3 is 5.32 Å². The number of nitrogens with zero attached hydrogens (tertiary/aromatic N) is 4. The maximum atomic E-state index is 4.88. The number of aliphatic imine (C=N–C) groups is 1. The number of benzene rings is 5. The van der Waals surface area contributed by atoms with Crippen molar-refractivity contribution in [2.45, 2.75) is 0 Å². The summed E-state index contributed by atoms with van der Waals surface area (Å²) in [7, 11) is 0. The molecule has 0 fully saturated rings. The van der Waals surface area contributed by atoms with Gasteiger partial charge in [-0.1, -0.05) is 121 Å². The van der Waals surface area contributed by atoms with E-state index in [4.69, 9.17) is 15.0 Å². The first-order chi connectivity index (χ1) is 19.8. The average Bonchev–Trinajstić information content (AvgIpc) is 3.05. The predicted octanol–water partition coefficient (Wildman–Crippen LogP) is 7.67.